The van der Waals surface area contributed by atoms with Crippen molar-refractivity contribution in [3.05, 3.63) is 0 Å². The zero-order chi connectivity index (χ0) is 12.4. The van der Waals surface area contributed by atoms with Gasteiger partial charge in [-0.2, -0.15) is 0 Å². The van der Waals surface area contributed by atoms with Crippen molar-refractivity contribution in [2.45, 2.75) is 18.6 Å². The maximum absolute atomic E-state index is 10.6. The SMILES string of the molecule is O=P(O)(O)OCC1OCCC1OP(=O)(O)O. The first kappa shape index (κ1) is 14.2. The second-order valence-corrected chi connectivity index (χ2v) is 5.55. The van der Waals surface area contributed by atoms with Crippen LogP contribution in [-0.2, 0) is 22.9 Å². The minimum Gasteiger partial charge on any atom is -0.373 e. The lowest BCUT2D eigenvalue weighted by Gasteiger charge is -2.19. The van der Waals surface area contributed by atoms with E-state index in [1.807, 2.05) is 0 Å². The third-order valence-corrected chi connectivity index (χ3v) is 2.86. The molecule has 2 atom stereocenters. The lowest BCUT2D eigenvalue weighted by atomic mass is 10.2. The van der Waals surface area contributed by atoms with Crippen LogP contribution in [0.15, 0.2) is 0 Å². The van der Waals surface area contributed by atoms with Gasteiger partial charge in [-0.25, -0.2) is 9.13 Å². The van der Waals surface area contributed by atoms with Crippen LogP contribution >= 0.6 is 15.6 Å². The topological polar surface area (TPSA) is 143 Å². The van der Waals surface area contributed by atoms with Gasteiger partial charge in [0.15, 0.2) is 0 Å². The highest BCUT2D eigenvalue weighted by atomic mass is 31.2. The standard InChI is InChI=1S/C5H12O9P2/c6-15(7,8)13-3-5-4(1-2-12-5)14-16(9,10)11/h4-5H,1-3H2,(H2,6,7,8)(H2,9,10,11). The Bertz CT molecular complexity index is 318. The molecule has 16 heavy (non-hydrogen) atoms. The molecule has 0 spiro atoms. The van der Waals surface area contributed by atoms with Crippen LogP contribution in [0.25, 0.3) is 0 Å². The maximum atomic E-state index is 10.6. The van der Waals surface area contributed by atoms with Gasteiger partial charge in [-0.05, 0) is 0 Å². The van der Waals surface area contributed by atoms with Gasteiger partial charge in [-0.15, -0.1) is 0 Å². The van der Waals surface area contributed by atoms with Crippen molar-refractivity contribution in [3.8, 4) is 0 Å². The van der Waals surface area contributed by atoms with Gasteiger partial charge in [0.05, 0.1) is 6.61 Å². The van der Waals surface area contributed by atoms with Gasteiger partial charge in [0, 0.05) is 13.0 Å². The van der Waals surface area contributed by atoms with Gasteiger partial charge >= 0.3 is 15.6 Å². The van der Waals surface area contributed by atoms with Crippen LogP contribution in [0.5, 0.6) is 0 Å². The molecule has 0 aliphatic carbocycles. The van der Waals surface area contributed by atoms with E-state index in [0.717, 1.165) is 0 Å². The van der Waals surface area contributed by atoms with Crippen molar-refractivity contribution < 1.29 is 42.5 Å². The van der Waals surface area contributed by atoms with E-state index in [9.17, 15) is 9.13 Å². The van der Waals surface area contributed by atoms with E-state index >= 15 is 0 Å². The summed E-state index contributed by atoms with van der Waals surface area (Å²) in [6.45, 7) is -0.311. The summed E-state index contributed by atoms with van der Waals surface area (Å²) in [6.07, 6.45) is -1.62. The molecule has 96 valence electrons. The summed E-state index contributed by atoms with van der Waals surface area (Å²) in [5.74, 6) is 0. The highest BCUT2D eigenvalue weighted by Crippen LogP contribution is 2.42. The molecule has 0 aromatic carbocycles. The largest absolute Gasteiger partial charge is 0.469 e. The fourth-order valence-electron chi connectivity index (χ4n) is 1.25. The summed E-state index contributed by atoms with van der Waals surface area (Å²) in [5.41, 5.74) is 0. The average molecular weight is 278 g/mol. The summed E-state index contributed by atoms with van der Waals surface area (Å²) in [7, 11) is -9.27. The third kappa shape index (κ3) is 5.49. The Hall–Kier alpha value is 0.180. The molecule has 0 aromatic rings. The van der Waals surface area contributed by atoms with Gasteiger partial charge in [0.2, 0.25) is 0 Å². The minimum atomic E-state index is -4.65. The van der Waals surface area contributed by atoms with E-state index in [1.54, 1.807) is 0 Å². The molecule has 0 saturated carbocycles. The lowest BCUT2D eigenvalue weighted by molar-refractivity contribution is 0.00317. The molecule has 4 N–H and O–H groups in total. The summed E-state index contributed by atoms with van der Waals surface area (Å²) in [5, 5.41) is 0. The van der Waals surface area contributed by atoms with Crippen molar-refractivity contribution in [1.29, 1.82) is 0 Å². The minimum absolute atomic E-state index is 0.180. The van der Waals surface area contributed by atoms with E-state index in [4.69, 9.17) is 24.3 Å². The van der Waals surface area contributed by atoms with E-state index < -0.39 is 34.5 Å². The quantitative estimate of drug-likeness (QED) is 0.483. The monoisotopic (exact) mass is 278 g/mol. The number of phosphoric acid groups is 2. The van der Waals surface area contributed by atoms with Gasteiger partial charge in [-0.1, -0.05) is 0 Å². The van der Waals surface area contributed by atoms with Crippen molar-refractivity contribution >= 4 is 15.6 Å². The summed E-state index contributed by atoms with van der Waals surface area (Å²) >= 11 is 0. The maximum Gasteiger partial charge on any atom is 0.469 e. The van der Waals surface area contributed by atoms with Crippen LogP contribution in [0.1, 0.15) is 6.42 Å². The Kier molecular flexibility index (Phi) is 4.65. The Morgan fingerprint density at radius 2 is 1.81 bits per heavy atom. The number of rotatable bonds is 5. The first-order valence-electron chi connectivity index (χ1n) is 4.23. The first-order chi connectivity index (χ1) is 7.17. The molecule has 1 fully saturated rings. The Morgan fingerprint density at radius 1 is 1.19 bits per heavy atom. The van der Waals surface area contributed by atoms with Gasteiger partial charge in [0.1, 0.15) is 12.2 Å². The molecule has 11 heteroatoms. The van der Waals surface area contributed by atoms with Crippen LogP contribution in [0.4, 0.5) is 0 Å². The number of hydrogen-bond acceptors (Lipinski definition) is 5. The number of phosphoric ester groups is 2. The van der Waals surface area contributed by atoms with Crippen LogP contribution < -0.4 is 0 Å². The molecule has 1 heterocycles. The molecule has 0 bridgehead atoms. The zero-order valence-corrected chi connectivity index (χ0v) is 9.79. The highest BCUT2D eigenvalue weighted by Gasteiger charge is 2.35. The van der Waals surface area contributed by atoms with Crippen LogP contribution in [-0.4, -0.2) is 45.0 Å². The van der Waals surface area contributed by atoms with Crippen LogP contribution in [0.2, 0.25) is 0 Å². The summed E-state index contributed by atoms with van der Waals surface area (Å²) < 4.78 is 34.5. The van der Waals surface area contributed by atoms with E-state index in [0.29, 0.717) is 0 Å². The van der Waals surface area contributed by atoms with Crippen LogP contribution in [0, 0.1) is 0 Å². The molecule has 9 nitrogen and oxygen atoms in total. The lowest BCUT2D eigenvalue weighted by Crippen LogP contribution is -2.28. The molecule has 0 amide bonds. The van der Waals surface area contributed by atoms with Crippen molar-refractivity contribution in [2.24, 2.45) is 0 Å². The molecule has 0 radical (unpaired) electrons. The fourth-order valence-corrected chi connectivity index (χ4v) is 2.19. The van der Waals surface area contributed by atoms with Gasteiger partial charge in [0.25, 0.3) is 0 Å². The molecular formula is C5H12O9P2. The highest BCUT2D eigenvalue weighted by molar-refractivity contribution is 7.46. The molecule has 1 rings (SSSR count). The summed E-state index contributed by atoms with van der Waals surface area (Å²) in [6, 6.07) is 0. The zero-order valence-electron chi connectivity index (χ0n) is 8.00. The third-order valence-electron chi connectivity index (χ3n) is 1.83. The molecule has 1 saturated heterocycles. The van der Waals surface area contributed by atoms with Crippen molar-refractivity contribution in [1.82, 2.24) is 0 Å². The van der Waals surface area contributed by atoms with Crippen molar-refractivity contribution in [2.75, 3.05) is 13.2 Å². The first-order valence-corrected chi connectivity index (χ1v) is 7.29. The normalized spacial score (nSPS) is 27.2. The van der Waals surface area contributed by atoms with E-state index in [2.05, 4.69) is 9.05 Å². The van der Waals surface area contributed by atoms with Crippen LogP contribution in [0.3, 0.4) is 0 Å². The second-order valence-electron chi connectivity index (χ2n) is 3.12. The fraction of sp³-hybridized carbons (Fsp3) is 1.00. The van der Waals surface area contributed by atoms with E-state index in [-0.39, 0.29) is 13.0 Å². The second kappa shape index (κ2) is 5.22. The molecule has 2 unspecified atom stereocenters. The smallest absolute Gasteiger partial charge is 0.373 e. The molecule has 1 aliphatic rings. The molecule has 1 aliphatic heterocycles. The molecular weight excluding hydrogens is 266 g/mol. The molecule has 0 aromatic heterocycles. The van der Waals surface area contributed by atoms with Crippen molar-refractivity contribution in [3.63, 3.8) is 0 Å². The predicted molar refractivity (Wildman–Crippen MR) is 49.3 cm³/mol. The Balaban J connectivity index is 2.47. The average Bonchev–Trinajstić information content (AvgIpc) is 2.44. The van der Waals surface area contributed by atoms with Gasteiger partial charge < -0.3 is 24.3 Å². The Morgan fingerprint density at radius 3 is 2.31 bits per heavy atom. The van der Waals surface area contributed by atoms with E-state index in [1.165, 1.54) is 0 Å². The van der Waals surface area contributed by atoms with Gasteiger partial charge in [-0.3, -0.25) is 9.05 Å². The summed E-state index contributed by atoms with van der Waals surface area (Å²) in [4.78, 5) is 34.0. The Labute approximate surface area is 90.8 Å². The number of hydrogen-bond donors (Lipinski definition) is 4. The predicted octanol–water partition coefficient (Wildman–Crippen LogP) is -0.638. The number of ether oxygens (including phenoxy) is 1.